The van der Waals surface area contributed by atoms with Crippen molar-refractivity contribution in [3.05, 3.63) is 114 Å². The Morgan fingerprint density at radius 2 is 1.55 bits per heavy atom. The van der Waals surface area contributed by atoms with Crippen molar-refractivity contribution < 1.29 is 58.0 Å². The molecule has 49 heavy (non-hydrogen) atoms. The molecular weight excluding hydrogens is 661 g/mol. The predicted molar refractivity (Wildman–Crippen MR) is 173 cm³/mol. The van der Waals surface area contributed by atoms with E-state index >= 15 is 0 Å². The number of β-lactam (4-membered cyclic amide) rings is 1. The molecule has 0 aromatic heterocycles. The van der Waals surface area contributed by atoms with Gasteiger partial charge >= 0.3 is 5.97 Å². The highest BCUT2D eigenvalue weighted by Gasteiger charge is 2.53. The number of ketones is 1. The van der Waals surface area contributed by atoms with E-state index in [0.29, 0.717) is 16.8 Å². The fourth-order valence-electron chi connectivity index (χ4n) is 5.84. The van der Waals surface area contributed by atoms with Crippen LogP contribution < -0.4 is 9.64 Å². The van der Waals surface area contributed by atoms with Crippen molar-refractivity contribution in [1.82, 2.24) is 0 Å². The Morgan fingerprint density at radius 1 is 0.857 bits per heavy atom. The minimum atomic E-state index is -2.00. The van der Waals surface area contributed by atoms with Crippen molar-refractivity contribution in [3.8, 4) is 22.6 Å². The maximum Gasteiger partial charge on any atom is 0.335 e. The fraction of sp³-hybridized carbons (Fsp3) is 0.229. The normalized spacial score (nSPS) is 25.7. The number of hydrogen-bond donors (Lipinski definition) is 5. The first-order valence-electron chi connectivity index (χ1n) is 15.0. The van der Waals surface area contributed by atoms with Gasteiger partial charge in [0, 0.05) is 27.6 Å². The van der Waals surface area contributed by atoms with Crippen LogP contribution in [0.1, 0.15) is 22.0 Å². The predicted octanol–water partition coefficient (Wildman–Crippen LogP) is 2.56. The quantitative estimate of drug-likeness (QED) is 0.121. The van der Waals surface area contributed by atoms with Crippen molar-refractivity contribution in [2.24, 2.45) is 0 Å². The van der Waals surface area contributed by atoms with Crippen LogP contribution in [0.25, 0.3) is 11.1 Å². The molecule has 0 radical (unpaired) electrons. The number of anilines is 1. The number of carboxylic acid groups (broad SMARTS) is 1. The molecule has 2 aliphatic rings. The first-order chi connectivity index (χ1) is 23.4. The average molecular weight is 692 g/mol. The maximum absolute atomic E-state index is 13.5. The number of halogens is 1. The molecule has 0 spiro atoms. The molecule has 1 amide bonds. The molecule has 2 aliphatic heterocycles. The number of aromatic hydroxyl groups is 1. The van der Waals surface area contributed by atoms with Crippen molar-refractivity contribution in [1.29, 1.82) is 0 Å². The summed E-state index contributed by atoms with van der Waals surface area (Å²) in [5.74, 6) is -3.73. The van der Waals surface area contributed by atoms with E-state index in [1.165, 1.54) is 35.2 Å². The topological polar surface area (TPSA) is 191 Å². The van der Waals surface area contributed by atoms with Crippen LogP contribution in [-0.2, 0) is 25.1 Å². The molecule has 4 aromatic carbocycles. The van der Waals surface area contributed by atoms with E-state index in [-0.39, 0.29) is 22.6 Å². The first kappa shape index (κ1) is 33.9. The van der Waals surface area contributed by atoms with Crippen LogP contribution in [0.5, 0.6) is 11.5 Å². The highest BCUT2D eigenvalue weighted by molar-refractivity contribution is 7.87. The Kier molecular flexibility index (Phi) is 9.59. The maximum atomic E-state index is 13.5. The molecule has 0 saturated carbocycles. The molecule has 14 heteroatoms. The van der Waals surface area contributed by atoms with Crippen molar-refractivity contribution >= 4 is 34.1 Å². The molecule has 5 unspecified atom stereocenters. The molecule has 5 N–H and O–H groups in total. The zero-order valence-electron chi connectivity index (χ0n) is 25.4. The van der Waals surface area contributed by atoms with Gasteiger partial charge in [-0.3, -0.25) is 13.8 Å². The standard InChI is InChI=1S/C35H30FNO11S/c36-21-12-9-18(10-13-21)26(39)17-49(46)32-27(37(33(32)43)22-6-2-1-3-7-22)24-14-11-20(16-25(24)38)19-5-4-8-23(15-19)47-35-30(42)28(40)29(41)31(48-35)34(44)45/h1-16,27-32,35,38,40-42H,17H2,(H,44,45)/t27-,28?,29?,30?,31?,32-,35-,49?/m1/s1. The second-order valence-electron chi connectivity index (χ2n) is 11.5. The third-order valence-corrected chi connectivity index (χ3v) is 9.96. The number of phenols is 1. The minimum absolute atomic E-state index is 0.110. The monoisotopic (exact) mass is 691 g/mol. The van der Waals surface area contributed by atoms with Crippen molar-refractivity contribution in [2.45, 2.75) is 42.0 Å². The van der Waals surface area contributed by atoms with Gasteiger partial charge < -0.3 is 39.9 Å². The lowest BCUT2D eigenvalue weighted by molar-refractivity contribution is -0.271. The van der Waals surface area contributed by atoms with E-state index < -0.39 is 82.0 Å². The molecule has 12 nitrogen and oxygen atoms in total. The summed E-state index contributed by atoms with van der Waals surface area (Å²) in [6.45, 7) is 0. The fourth-order valence-corrected chi connectivity index (χ4v) is 7.34. The van der Waals surface area contributed by atoms with Crippen LogP contribution in [0.15, 0.2) is 97.1 Å². The van der Waals surface area contributed by atoms with Crippen molar-refractivity contribution in [2.75, 3.05) is 10.7 Å². The smallest absolute Gasteiger partial charge is 0.335 e. The Balaban J connectivity index is 1.26. The third kappa shape index (κ3) is 6.69. The highest BCUT2D eigenvalue weighted by atomic mass is 32.2. The van der Waals surface area contributed by atoms with E-state index in [4.69, 9.17) is 9.47 Å². The number of aliphatic carboxylic acids is 1. The number of para-hydroxylation sites is 1. The van der Waals surface area contributed by atoms with Crippen LogP contribution in [0.4, 0.5) is 10.1 Å². The number of ether oxygens (including phenoxy) is 2. The van der Waals surface area contributed by atoms with Gasteiger partial charge in [0.1, 0.15) is 40.9 Å². The van der Waals surface area contributed by atoms with Crippen LogP contribution >= 0.6 is 0 Å². The van der Waals surface area contributed by atoms with Gasteiger partial charge in [0.05, 0.1) is 11.8 Å². The highest BCUT2D eigenvalue weighted by Crippen LogP contribution is 2.45. The number of rotatable bonds is 10. The molecule has 2 heterocycles. The third-order valence-electron chi connectivity index (χ3n) is 8.38. The molecule has 2 saturated heterocycles. The Hall–Kier alpha value is -4.99. The number of Topliss-reactive ketones (excluding diaryl/α,β-unsaturated/α-hetero) is 1. The summed E-state index contributed by atoms with van der Waals surface area (Å²) in [6.07, 6.45) is -8.96. The molecule has 254 valence electrons. The molecule has 4 aromatic rings. The summed E-state index contributed by atoms with van der Waals surface area (Å²) >= 11 is 0. The summed E-state index contributed by atoms with van der Waals surface area (Å²) in [6, 6.07) is 23.4. The van der Waals surface area contributed by atoms with Crippen LogP contribution in [-0.4, -0.2) is 89.1 Å². The molecule has 2 fully saturated rings. The Morgan fingerprint density at radius 3 is 2.22 bits per heavy atom. The number of aliphatic hydroxyl groups excluding tert-OH is 3. The lowest BCUT2D eigenvalue weighted by atomic mass is 9.90. The number of aliphatic hydroxyl groups is 3. The Labute approximate surface area is 281 Å². The SMILES string of the molecule is O=C(CS(=O)[C@H]1C(=O)N(c2ccccc2)[C@@H]1c1ccc(-c2cccc(O[C@@H]3OC(C(=O)O)C(O)C(O)C3O)c2)cc1O)c1ccc(F)cc1. The van der Waals surface area contributed by atoms with Gasteiger partial charge in [-0.15, -0.1) is 0 Å². The molecule has 0 aliphatic carbocycles. The number of amides is 1. The van der Waals surface area contributed by atoms with E-state index in [1.807, 2.05) is 0 Å². The molecular formula is C35H30FNO11S. The van der Waals surface area contributed by atoms with Crippen molar-refractivity contribution in [3.63, 3.8) is 0 Å². The number of carbonyl (C=O) groups is 3. The number of benzene rings is 4. The lowest BCUT2D eigenvalue weighted by Crippen LogP contribution is -2.61. The second-order valence-corrected chi connectivity index (χ2v) is 13.1. The zero-order chi connectivity index (χ0) is 35.0. The largest absolute Gasteiger partial charge is 0.508 e. The summed E-state index contributed by atoms with van der Waals surface area (Å²) in [7, 11) is -2.00. The number of carbonyl (C=O) groups excluding carboxylic acids is 2. The van der Waals surface area contributed by atoms with Crippen LogP contribution in [0.3, 0.4) is 0 Å². The second kappa shape index (κ2) is 13.9. The van der Waals surface area contributed by atoms with Gasteiger partial charge in [0.2, 0.25) is 12.2 Å². The first-order valence-corrected chi connectivity index (χ1v) is 16.4. The summed E-state index contributed by atoms with van der Waals surface area (Å²) in [5, 5.41) is 49.8. The van der Waals surface area contributed by atoms with Gasteiger partial charge in [-0.2, -0.15) is 0 Å². The van der Waals surface area contributed by atoms with E-state index in [9.17, 15) is 48.5 Å². The van der Waals surface area contributed by atoms with E-state index in [0.717, 1.165) is 12.1 Å². The lowest BCUT2D eigenvalue weighted by Gasteiger charge is -2.46. The summed E-state index contributed by atoms with van der Waals surface area (Å²) in [4.78, 5) is 39.2. The van der Waals surface area contributed by atoms with Gasteiger partial charge in [0.25, 0.3) is 0 Å². The molecule has 6 rings (SSSR count). The minimum Gasteiger partial charge on any atom is -0.508 e. The Bertz CT molecular complexity index is 1910. The van der Waals surface area contributed by atoms with E-state index in [2.05, 4.69) is 0 Å². The summed E-state index contributed by atoms with van der Waals surface area (Å²) < 4.78 is 37.7. The average Bonchev–Trinajstić information content (AvgIpc) is 3.08. The summed E-state index contributed by atoms with van der Waals surface area (Å²) in [5.41, 5.74) is 1.92. The van der Waals surface area contributed by atoms with Crippen LogP contribution in [0, 0.1) is 5.82 Å². The van der Waals surface area contributed by atoms with Gasteiger partial charge in [-0.25, -0.2) is 9.18 Å². The molecule has 0 bridgehead atoms. The zero-order valence-corrected chi connectivity index (χ0v) is 26.2. The van der Waals surface area contributed by atoms with Gasteiger partial charge in [-0.05, 0) is 65.7 Å². The van der Waals surface area contributed by atoms with Crippen LogP contribution in [0.2, 0.25) is 0 Å². The van der Waals surface area contributed by atoms with E-state index in [1.54, 1.807) is 54.6 Å². The number of nitrogens with zero attached hydrogens (tertiary/aromatic N) is 1. The number of phenolic OH excluding ortho intramolecular Hbond substituents is 1. The van der Waals surface area contributed by atoms with Gasteiger partial charge in [-0.1, -0.05) is 42.5 Å². The van der Waals surface area contributed by atoms with Gasteiger partial charge in [0.15, 0.2) is 11.9 Å². The molecule has 8 atom stereocenters. The number of hydrogen-bond acceptors (Lipinski definition) is 10. The number of carboxylic acids is 1.